The van der Waals surface area contributed by atoms with Crippen molar-refractivity contribution < 1.29 is 0 Å². The van der Waals surface area contributed by atoms with E-state index in [9.17, 15) is 0 Å². The Morgan fingerprint density at radius 3 is 1.24 bits per heavy atom. The summed E-state index contributed by atoms with van der Waals surface area (Å²) in [5, 5.41) is 15.1. The molecule has 0 aliphatic carbocycles. The van der Waals surface area contributed by atoms with Crippen LogP contribution in [0.4, 0.5) is 34.1 Å². The molecule has 15 rings (SSSR count). The van der Waals surface area contributed by atoms with Gasteiger partial charge in [-0.15, -0.1) is 0 Å². The van der Waals surface area contributed by atoms with Crippen LogP contribution in [0.1, 0.15) is 52.7 Å². The quantitative estimate of drug-likeness (QED) is 0.165. The average Bonchev–Trinajstić information content (AvgIpc) is 4.17. The van der Waals surface area contributed by atoms with Crippen LogP contribution in [-0.4, -0.2) is 8.80 Å². The van der Waals surface area contributed by atoms with Gasteiger partial charge in [0.2, 0.25) is 0 Å². The minimum absolute atomic E-state index is 0.102. The van der Waals surface area contributed by atoms with E-state index in [0.29, 0.717) is 0 Å². The van der Waals surface area contributed by atoms with Crippen LogP contribution in [0, 0.1) is 0 Å². The molecule has 4 aromatic heterocycles. The van der Waals surface area contributed by atoms with Gasteiger partial charge in [-0.25, -0.2) is 0 Å². The summed E-state index contributed by atoms with van der Waals surface area (Å²) in [5.74, 6) is 0. The van der Waals surface area contributed by atoms with Crippen LogP contribution >= 0.6 is 0 Å². The molecule has 0 unspecified atom stereocenters. The number of nitrogens with zero attached hydrogens (tertiary/aromatic N) is 4. The van der Waals surface area contributed by atoms with Crippen molar-refractivity contribution in [3.63, 3.8) is 0 Å². The predicted molar refractivity (Wildman–Crippen MR) is 318 cm³/mol. The van der Waals surface area contributed by atoms with Gasteiger partial charge in [0.15, 0.2) is 0 Å². The summed E-state index contributed by atoms with van der Waals surface area (Å²) in [5.41, 5.74) is 16.6. The molecule has 0 radical (unpaired) electrons. The van der Waals surface area contributed by atoms with Crippen molar-refractivity contribution in [2.75, 3.05) is 9.80 Å². The summed E-state index contributed by atoms with van der Waals surface area (Å²) in [6.45, 7) is 14.1. The lowest BCUT2D eigenvalue weighted by molar-refractivity contribution is 0.591. The molecule has 0 fully saturated rings. The monoisotopic (exact) mass is 950 g/mol. The molecule has 354 valence electrons. The molecular formula is C70H54N4. The Morgan fingerprint density at radius 2 is 0.689 bits per heavy atom. The van der Waals surface area contributed by atoms with E-state index in [1.165, 1.54) is 120 Å². The Hall–Kier alpha value is -8.86. The van der Waals surface area contributed by atoms with Crippen LogP contribution in [0.15, 0.2) is 218 Å². The number of anilines is 6. The minimum Gasteiger partial charge on any atom is -0.308 e. The van der Waals surface area contributed by atoms with E-state index in [1.54, 1.807) is 0 Å². The second kappa shape index (κ2) is 15.3. The highest BCUT2D eigenvalue weighted by molar-refractivity contribution is 6.36. The fraction of sp³-hybridized carbons (Fsp3) is 0.114. The van der Waals surface area contributed by atoms with Crippen LogP contribution in [0.25, 0.3) is 97.7 Å². The molecule has 0 saturated carbocycles. The van der Waals surface area contributed by atoms with E-state index >= 15 is 0 Å². The van der Waals surface area contributed by atoms with Gasteiger partial charge in [0.05, 0.1) is 44.5 Å². The van der Waals surface area contributed by atoms with Gasteiger partial charge >= 0.3 is 0 Å². The summed E-state index contributed by atoms with van der Waals surface area (Å²) in [4.78, 5) is 4.98. The van der Waals surface area contributed by atoms with Crippen molar-refractivity contribution in [1.29, 1.82) is 0 Å². The van der Waals surface area contributed by atoms with Crippen LogP contribution in [0.3, 0.4) is 0 Å². The molecule has 0 bridgehead atoms. The molecule has 0 aliphatic rings. The van der Waals surface area contributed by atoms with E-state index < -0.39 is 0 Å². The molecule has 0 saturated heterocycles. The summed E-state index contributed by atoms with van der Waals surface area (Å²) in [6.07, 6.45) is 0. The van der Waals surface area contributed by atoms with Crippen LogP contribution in [0.5, 0.6) is 0 Å². The first-order valence-corrected chi connectivity index (χ1v) is 26.1. The van der Waals surface area contributed by atoms with Crippen molar-refractivity contribution in [3.8, 4) is 0 Å². The Morgan fingerprint density at radius 1 is 0.297 bits per heavy atom. The zero-order valence-electron chi connectivity index (χ0n) is 42.6. The standard InChI is InChI=1S/C70H54N4/c1-69(2,3)45-37-56-53-41-61-59(42-60(53)73-64(56)57(38-45)58-39-46(70(4,5)6)40-62(65(58)73)71(47-25-11-7-12-26-47)48-27-13-8-14-28-48)63-51-33-21-19-23-43(51)35-54-55-36-44-24-20-22-34-52(44)67(68(55)74(61)66(54)63)72(49-29-15-9-16-30-49)50-31-17-10-18-32-50/h7-42H,1-6H3. The first kappa shape index (κ1) is 42.8. The predicted octanol–water partition coefficient (Wildman–Crippen LogP) is 19.8. The summed E-state index contributed by atoms with van der Waals surface area (Å²) in [6, 6.07) is 81.7. The maximum atomic E-state index is 2.65. The largest absolute Gasteiger partial charge is 0.308 e. The Bertz CT molecular complexity index is 4630. The van der Waals surface area contributed by atoms with Gasteiger partial charge in [-0.05, 0) is 135 Å². The van der Waals surface area contributed by atoms with E-state index in [-0.39, 0.29) is 10.8 Å². The lowest BCUT2D eigenvalue weighted by Crippen LogP contribution is -2.15. The number of hydrogen-bond acceptors (Lipinski definition) is 2. The Kier molecular flexibility index (Phi) is 8.87. The second-order valence-electron chi connectivity index (χ2n) is 22.6. The molecule has 0 spiro atoms. The van der Waals surface area contributed by atoms with Gasteiger partial charge in [0.1, 0.15) is 0 Å². The molecule has 15 aromatic rings. The first-order chi connectivity index (χ1) is 36.0. The number of benzene rings is 11. The lowest BCUT2D eigenvalue weighted by atomic mass is 9.84. The SMILES string of the molecule is CC(C)(C)c1cc(N(c2ccccc2)c2ccccc2)c2c(c1)c1cc(C(C)(C)C)cc3c4cc5c(cc4n2c31)c1c2ccccc2cc2c3cc4ccccc4c(N(c4ccccc4)c4ccccc4)c3n5c21. The van der Waals surface area contributed by atoms with E-state index in [2.05, 4.69) is 279 Å². The zero-order chi connectivity index (χ0) is 49.8. The topological polar surface area (TPSA) is 15.3 Å². The van der Waals surface area contributed by atoms with Crippen molar-refractivity contribution in [2.45, 2.75) is 52.4 Å². The average molecular weight is 951 g/mol. The highest BCUT2D eigenvalue weighted by Crippen LogP contribution is 2.53. The van der Waals surface area contributed by atoms with Crippen LogP contribution in [0.2, 0.25) is 0 Å². The number of hydrogen-bond donors (Lipinski definition) is 0. The number of fused-ring (bicyclic) bond motifs is 15. The molecule has 0 N–H and O–H groups in total. The molecule has 4 heterocycles. The smallest absolute Gasteiger partial charge is 0.0789 e. The second-order valence-corrected chi connectivity index (χ2v) is 22.6. The van der Waals surface area contributed by atoms with Crippen LogP contribution < -0.4 is 9.80 Å². The van der Waals surface area contributed by atoms with Gasteiger partial charge in [-0.2, -0.15) is 0 Å². The molecule has 4 heteroatoms. The molecule has 4 nitrogen and oxygen atoms in total. The fourth-order valence-electron chi connectivity index (χ4n) is 12.6. The summed E-state index contributed by atoms with van der Waals surface area (Å²) >= 11 is 0. The van der Waals surface area contributed by atoms with Gasteiger partial charge in [0.25, 0.3) is 0 Å². The molecule has 0 aliphatic heterocycles. The third-order valence-electron chi connectivity index (χ3n) is 16.1. The maximum Gasteiger partial charge on any atom is 0.0789 e. The molecule has 74 heavy (non-hydrogen) atoms. The highest BCUT2D eigenvalue weighted by Gasteiger charge is 2.31. The van der Waals surface area contributed by atoms with Gasteiger partial charge < -0.3 is 18.6 Å². The zero-order valence-corrected chi connectivity index (χ0v) is 42.6. The van der Waals surface area contributed by atoms with E-state index in [0.717, 1.165) is 22.7 Å². The van der Waals surface area contributed by atoms with Crippen LogP contribution in [-0.2, 0) is 10.8 Å². The first-order valence-electron chi connectivity index (χ1n) is 26.1. The Labute approximate surface area is 430 Å². The van der Waals surface area contributed by atoms with Gasteiger partial charge in [-0.1, -0.05) is 163 Å². The molecule has 0 atom stereocenters. The number of aromatic nitrogens is 2. The molecule has 11 aromatic carbocycles. The third-order valence-corrected chi connectivity index (χ3v) is 16.1. The minimum atomic E-state index is -0.111. The highest BCUT2D eigenvalue weighted by atomic mass is 15.2. The summed E-state index contributed by atoms with van der Waals surface area (Å²) < 4.78 is 5.29. The van der Waals surface area contributed by atoms with Gasteiger partial charge in [-0.3, -0.25) is 0 Å². The normalized spacial score (nSPS) is 12.7. The fourth-order valence-corrected chi connectivity index (χ4v) is 12.6. The van der Waals surface area contributed by atoms with Crippen molar-refractivity contribution in [2.24, 2.45) is 0 Å². The van der Waals surface area contributed by atoms with Crippen molar-refractivity contribution >= 4 is 132 Å². The number of para-hydroxylation sites is 4. The van der Waals surface area contributed by atoms with Crippen molar-refractivity contribution in [1.82, 2.24) is 8.80 Å². The molecular weight excluding hydrogens is 897 g/mol. The van der Waals surface area contributed by atoms with Gasteiger partial charge in [0, 0.05) is 71.2 Å². The van der Waals surface area contributed by atoms with Crippen molar-refractivity contribution in [3.05, 3.63) is 230 Å². The number of rotatable bonds is 6. The Balaban J connectivity index is 1.18. The van der Waals surface area contributed by atoms with E-state index in [1.807, 2.05) is 0 Å². The maximum absolute atomic E-state index is 2.65. The molecule has 0 amide bonds. The van der Waals surface area contributed by atoms with E-state index in [4.69, 9.17) is 0 Å². The summed E-state index contributed by atoms with van der Waals surface area (Å²) in [7, 11) is 0. The third kappa shape index (κ3) is 6.03. The lowest BCUT2D eigenvalue weighted by Gasteiger charge is -2.29.